The molecule has 3 aliphatic rings. The Bertz CT molecular complexity index is 395. The normalized spacial score (nSPS) is 40.8. The molecule has 0 aromatic heterocycles. The Morgan fingerprint density at radius 2 is 1.41 bits per heavy atom. The molecular formula is C25H45FO. The minimum atomic E-state index is -0.519. The van der Waals surface area contributed by atoms with Crippen LogP contribution in [-0.2, 0) is 4.74 Å². The highest BCUT2D eigenvalue weighted by Crippen LogP contribution is 2.47. The molecule has 1 nitrogen and oxygen atoms in total. The van der Waals surface area contributed by atoms with Gasteiger partial charge in [0.1, 0.15) is 6.17 Å². The van der Waals surface area contributed by atoms with Gasteiger partial charge in [-0.1, -0.05) is 51.9 Å². The van der Waals surface area contributed by atoms with Crippen LogP contribution in [0.15, 0.2) is 0 Å². The highest BCUT2D eigenvalue weighted by Gasteiger charge is 2.40. The van der Waals surface area contributed by atoms with E-state index in [1.54, 1.807) is 0 Å². The van der Waals surface area contributed by atoms with Gasteiger partial charge in [-0.3, -0.25) is 0 Å². The van der Waals surface area contributed by atoms with Gasteiger partial charge >= 0.3 is 0 Å². The number of rotatable bonds is 8. The van der Waals surface area contributed by atoms with Crippen molar-refractivity contribution in [1.82, 2.24) is 0 Å². The van der Waals surface area contributed by atoms with E-state index in [0.717, 1.165) is 18.3 Å². The molecule has 3 rings (SSSR count). The summed E-state index contributed by atoms with van der Waals surface area (Å²) in [6, 6.07) is 0. The number of alkyl halides is 1. The van der Waals surface area contributed by atoms with Crippen LogP contribution in [0.25, 0.3) is 0 Å². The fraction of sp³-hybridized carbons (Fsp3) is 1.00. The predicted molar refractivity (Wildman–Crippen MR) is 113 cm³/mol. The number of halogens is 1. The topological polar surface area (TPSA) is 9.23 Å². The maximum atomic E-state index is 15.1. The van der Waals surface area contributed by atoms with E-state index in [9.17, 15) is 0 Å². The zero-order chi connectivity index (χ0) is 19.1. The molecular weight excluding hydrogens is 335 g/mol. The van der Waals surface area contributed by atoms with Crippen molar-refractivity contribution in [1.29, 1.82) is 0 Å². The van der Waals surface area contributed by atoms with Crippen molar-refractivity contribution in [3.8, 4) is 0 Å². The van der Waals surface area contributed by atoms with Crippen molar-refractivity contribution in [2.24, 2.45) is 29.6 Å². The maximum absolute atomic E-state index is 15.1. The molecule has 0 aliphatic heterocycles. The minimum Gasteiger partial charge on any atom is -0.381 e. The van der Waals surface area contributed by atoms with Crippen molar-refractivity contribution in [3.05, 3.63) is 0 Å². The van der Waals surface area contributed by atoms with Crippen LogP contribution in [0, 0.1) is 29.6 Å². The van der Waals surface area contributed by atoms with Gasteiger partial charge in [0, 0.05) is 7.11 Å². The molecule has 0 aromatic rings. The van der Waals surface area contributed by atoms with E-state index in [1.807, 2.05) is 7.11 Å². The zero-order valence-electron chi connectivity index (χ0n) is 18.1. The fourth-order valence-electron chi connectivity index (χ4n) is 6.69. The third kappa shape index (κ3) is 6.18. The number of methoxy groups -OCH3 is 1. The van der Waals surface area contributed by atoms with E-state index in [1.165, 1.54) is 96.3 Å². The SMILES string of the molecule is CCCCCCC1CCC(C2CCC(C3CCC(OC)CC3)CC2F)CC1. The Morgan fingerprint density at radius 3 is 2.04 bits per heavy atom. The summed E-state index contributed by atoms with van der Waals surface area (Å²) in [4.78, 5) is 0. The third-order valence-corrected chi connectivity index (χ3v) is 8.54. The van der Waals surface area contributed by atoms with Crippen LogP contribution in [0.3, 0.4) is 0 Å². The van der Waals surface area contributed by atoms with Crippen molar-refractivity contribution in [3.63, 3.8) is 0 Å². The lowest BCUT2D eigenvalue weighted by Crippen LogP contribution is -2.37. The molecule has 0 aromatic carbocycles. The molecule has 2 heteroatoms. The highest BCUT2D eigenvalue weighted by atomic mass is 19.1. The van der Waals surface area contributed by atoms with Gasteiger partial charge in [-0.2, -0.15) is 0 Å². The third-order valence-electron chi connectivity index (χ3n) is 8.54. The van der Waals surface area contributed by atoms with Crippen LogP contribution in [0.4, 0.5) is 4.39 Å². The Labute approximate surface area is 168 Å². The monoisotopic (exact) mass is 380 g/mol. The summed E-state index contributed by atoms with van der Waals surface area (Å²) in [7, 11) is 1.84. The van der Waals surface area contributed by atoms with Gasteiger partial charge < -0.3 is 4.74 Å². The van der Waals surface area contributed by atoms with Crippen molar-refractivity contribution in [2.45, 2.75) is 122 Å². The lowest BCUT2D eigenvalue weighted by atomic mass is 9.64. The Kier molecular flexibility index (Phi) is 8.94. The summed E-state index contributed by atoms with van der Waals surface area (Å²) in [6.45, 7) is 2.29. The first-order chi connectivity index (χ1) is 13.2. The average molecular weight is 381 g/mol. The number of hydrogen-bond donors (Lipinski definition) is 0. The van der Waals surface area contributed by atoms with E-state index in [4.69, 9.17) is 4.74 Å². The molecule has 3 saturated carbocycles. The van der Waals surface area contributed by atoms with Gasteiger partial charge in [0.15, 0.2) is 0 Å². The fourth-order valence-corrected chi connectivity index (χ4v) is 6.69. The second kappa shape index (κ2) is 11.2. The number of unbranched alkanes of at least 4 members (excludes halogenated alkanes) is 3. The second-order valence-electron chi connectivity index (χ2n) is 10.2. The average Bonchev–Trinajstić information content (AvgIpc) is 2.72. The molecule has 0 bridgehead atoms. The van der Waals surface area contributed by atoms with E-state index < -0.39 is 6.17 Å². The molecule has 27 heavy (non-hydrogen) atoms. The first-order valence-electron chi connectivity index (χ1n) is 12.4. The van der Waals surface area contributed by atoms with Crippen LogP contribution in [0.2, 0.25) is 0 Å². The molecule has 3 atom stereocenters. The zero-order valence-corrected chi connectivity index (χ0v) is 18.1. The van der Waals surface area contributed by atoms with Gasteiger partial charge in [0.05, 0.1) is 6.10 Å². The molecule has 0 amide bonds. The van der Waals surface area contributed by atoms with Gasteiger partial charge in [-0.15, -0.1) is 0 Å². The summed E-state index contributed by atoms with van der Waals surface area (Å²) in [5, 5.41) is 0. The Balaban J connectivity index is 1.37. The maximum Gasteiger partial charge on any atom is 0.103 e. The Morgan fingerprint density at radius 1 is 0.741 bits per heavy atom. The first kappa shape index (κ1) is 21.6. The first-order valence-corrected chi connectivity index (χ1v) is 12.4. The summed E-state index contributed by atoms with van der Waals surface area (Å²) in [5.41, 5.74) is 0. The lowest BCUT2D eigenvalue weighted by Gasteiger charge is -2.43. The van der Waals surface area contributed by atoms with Crippen LogP contribution < -0.4 is 0 Å². The van der Waals surface area contributed by atoms with E-state index in [-0.39, 0.29) is 0 Å². The van der Waals surface area contributed by atoms with E-state index in [0.29, 0.717) is 23.9 Å². The van der Waals surface area contributed by atoms with Gasteiger partial charge in [-0.05, 0) is 87.4 Å². The minimum absolute atomic E-state index is 0.387. The van der Waals surface area contributed by atoms with Gasteiger partial charge in [-0.25, -0.2) is 4.39 Å². The van der Waals surface area contributed by atoms with E-state index in [2.05, 4.69) is 6.92 Å². The molecule has 0 N–H and O–H groups in total. The Hall–Kier alpha value is -0.110. The standard InChI is InChI=1S/C25H45FO/c1-3-4-5-6-7-19-8-10-21(11-9-19)24-17-14-22(18-25(24)26)20-12-15-23(27-2)16-13-20/h19-25H,3-18H2,1-2H3. The molecule has 158 valence electrons. The summed E-state index contributed by atoms with van der Waals surface area (Å²) < 4.78 is 20.7. The van der Waals surface area contributed by atoms with Gasteiger partial charge in [0.25, 0.3) is 0 Å². The van der Waals surface area contributed by atoms with Crippen LogP contribution in [0.1, 0.15) is 110 Å². The molecule has 3 unspecified atom stereocenters. The van der Waals surface area contributed by atoms with Crippen molar-refractivity contribution >= 4 is 0 Å². The van der Waals surface area contributed by atoms with Crippen LogP contribution >= 0.6 is 0 Å². The molecule has 3 fully saturated rings. The summed E-state index contributed by atoms with van der Waals surface area (Å²) in [5.74, 6) is 3.46. The molecule has 0 radical (unpaired) electrons. The summed E-state index contributed by atoms with van der Waals surface area (Å²) in [6.07, 6.45) is 20.6. The molecule has 0 spiro atoms. The summed E-state index contributed by atoms with van der Waals surface area (Å²) >= 11 is 0. The predicted octanol–water partition coefficient (Wildman–Crippen LogP) is 7.72. The molecule has 0 saturated heterocycles. The van der Waals surface area contributed by atoms with Crippen molar-refractivity contribution in [2.75, 3.05) is 7.11 Å². The largest absolute Gasteiger partial charge is 0.381 e. The quantitative estimate of drug-likeness (QED) is 0.392. The number of hydrogen-bond acceptors (Lipinski definition) is 1. The van der Waals surface area contributed by atoms with Crippen LogP contribution in [0.5, 0.6) is 0 Å². The highest BCUT2D eigenvalue weighted by molar-refractivity contribution is 4.90. The number of ether oxygens (including phenoxy) is 1. The molecule has 3 aliphatic carbocycles. The van der Waals surface area contributed by atoms with Crippen molar-refractivity contribution < 1.29 is 9.13 Å². The second-order valence-corrected chi connectivity index (χ2v) is 10.2. The lowest BCUT2D eigenvalue weighted by molar-refractivity contribution is 0.0116. The smallest absolute Gasteiger partial charge is 0.103 e. The van der Waals surface area contributed by atoms with Crippen LogP contribution in [-0.4, -0.2) is 19.4 Å². The van der Waals surface area contributed by atoms with E-state index >= 15 is 4.39 Å². The molecule has 0 heterocycles. The van der Waals surface area contributed by atoms with Gasteiger partial charge in [0.2, 0.25) is 0 Å².